The molecule has 0 amide bonds. The Labute approximate surface area is 304 Å². The molecule has 2 heterocycles. The maximum absolute atomic E-state index is 11.1. The van der Waals surface area contributed by atoms with Crippen molar-refractivity contribution in [1.82, 2.24) is 9.97 Å². The molecule has 0 fully saturated rings. The molecule has 0 saturated carbocycles. The van der Waals surface area contributed by atoms with Crippen molar-refractivity contribution in [2.75, 3.05) is 13.2 Å². The zero-order valence-electron chi connectivity index (χ0n) is 27.3. The molecular formula is C34H44N2Na2O6. The molecule has 44 heavy (non-hydrogen) atoms. The first-order valence-corrected chi connectivity index (χ1v) is 15.1. The summed E-state index contributed by atoms with van der Waals surface area (Å²) in [4.78, 5) is 28.9. The third-order valence-corrected chi connectivity index (χ3v) is 7.90. The van der Waals surface area contributed by atoms with E-state index in [1.807, 2.05) is 12.1 Å². The second-order valence-corrected chi connectivity index (χ2v) is 11.0. The fourth-order valence-electron chi connectivity index (χ4n) is 5.69. The summed E-state index contributed by atoms with van der Waals surface area (Å²) in [5.74, 6) is -2.31. The molecule has 0 spiro atoms. The molecule has 2 aromatic heterocycles. The van der Waals surface area contributed by atoms with Gasteiger partial charge in [-0.1, -0.05) is 39.5 Å². The first-order valence-electron chi connectivity index (χ1n) is 15.1. The molecule has 0 aliphatic carbocycles. The van der Waals surface area contributed by atoms with E-state index >= 15 is 0 Å². The van der Waals surface area contributed by atoms with Crippen LogP contribution in [0.1, 0.15) is 107 Å². The molecule has 0 unspecified atom stereocenters. The number of aromatic amines is 2. The molecule has 0 saturated heterocycles. The largest absolute Gasteiger partial charge is 1.00 e. The predicted octanol–water partition coefficient (Wildman–Crippen LogP) is -1.78. The molecule has 228 valence electrons. The van der Waals surface area contributed by atoms with Crippen LogP contribution in [0, 0.1) is 13.8 Å². The van der Waals surface area contributed by atoms with E-state index in [4.69, 9.17) is 0 Å². The number of carbonyl (C=O) groups is 2. The van der Waals surface area contributed by atoms with Gasteiger partial charge >= 0.3 is 59.1 Å². The standard InChI is InChI=1S/2C17H23NO3.2Na/c2*1-3-4-5-6-15-12(7-8-19)14-9-11(2)13(17(20)21)10-16(14)18-15;;/h2*9-10,18-19H,3-8H2,1-2H3,(H,20,21);;/q;;2*+1/p-2. The number of aryl methyl sites for hydroxylation is 4. The van der Waals surface area contributed by atoms with Crippen molar-refractivity contribution in [3.63, 3.8) is 0 Å². The van der Waals surface area contributed by atoms with Gasteiger partial charge in [-0.05, 0) is 98.9 Å². The van der Waals surface area contributed by atoms with Crippen LogP contribution in [0.2, 0.25) is 0 Å². The average Bonchev–Trinajstić information content (AvgIpc) is 3.45. The summed E-state index contributed by atoms with van der Waals surface area (Å²) in [6, 6.07) is 7.05. The van der Waals surface area contributed by atoms with Gasteiger partial charge in [0.05, 0.1) is 11.9 Å². The van der Waals surface area contributed by atoms with Crippen LogP contribution in [0.5, 0.6) is 0 Å². The van der Waals surface area contributed by atoms with Crippen molar-refractivity contribution < 1.29 is 89.1 Å². The van der Waals surface area contributed by atoms with Crippen molar-refractivity contribution in [2.24, 2.45) is 0 Å². The van der Waals surface area contributed by atoms with Crippen molar-refractivity contribution in [3.8, 4) is 0 Å². The van der Waals surface area contributed by atoms with Gasteiger partial charge in [-0.15, -0.1) is 0 Å². The van der Waals surface area contributed by atoms with Crippen molar-refractivity contribution in [2.45, 2.75) is 91.9 Å². The first-order chi connectivity index (χ1) is 20.2. The minimum absolute atomic E-state index is 0. The fraction of sp³-hybridized carbons (Fsp3) is 0.471. The fourth-order valence-corrected chi connectivity index (χ4v) is 5.69. The molecule has 0 radical (unpaired) electrons. The molecule has 0 atom stereocenters. The Morgan fingerprint density at radius 2 is 1.00 bits per heavy atom. The number of unbranched alkanes of at least 4 members (excludes halogenated alkanes) is 4. The van der Waals surface area contributed by atoms with Crippen molar-refractivity contribution in [1.29, 1.82) is 0 Å². The summed E-state index contributed by atoms with van der Waals surface area (Å²) in [5.41, 5.74) is 7.91. The number of aliphatic hydroxyl groups excluding tert-OH is 2. The minimum Gasteiger partial charge on any atom is -0.545 e. The van der Waals surface area contributed by atoms with Gasteiger partial charge in [-0.3, -0.25) is 0 Å². The molecule has 10 heteroatoms. The Bertz CT molecular complexity index is 1410. The number of aromatic carboxylic acids is 2. The SMILES string of the molecule is CCCCCc1[nH]c2cc(C(=O)[O-])c(C)cc2c1CCO.CCCCCc1[nH]c2cc(C(=O)[O-])c(C)cc2c1CCO.[Na+].[Na+]. The number of nitrogens with one attached hydrogen (secondary N) is 2. The molecule has 0 aliphatic heterocycles. The van der Waals surface area contributed by atoms with Crippen LogP contribution in [0.4, 0.5) is 0 Å². The minimum atomic E-state index is -1.15. The van der Waals surface area contributed by atoms with Crippen LogP contribution in [-0.4, -0.2) is 45.3 Å². The summed E-state index contributed by atoms with van der Waals surface area (Å²) in [7, 11) is 0. The number of rotatable bonds is 14. The third kappa shape index (κ3) is 10.2. The van der Waals surface area contributed by atoms with Crippen LogP contribution in [0.3, 0.4) is 0 Å². The number of aliphatic hydroxyl groups is 2. The number of benzene rings is 2. The van der Waals surface area contributed by atoms with Gasteiger partial charge < -0.3 is 40.0 Å². The molecule has 0 bridgehead atoms. The van der Waals surface area contributed by atoms with E-state index in [1.165, 1.54) is 0 Å². The van der Waals surface area contributed by atoms with E-state index in [-0.39, 0.29) is 83.5 Å². The number of H-pyrrole nitrogens is 2. The van der Waals surface area contributed by atoms with E-state index in [0.717, 1.165) is 95.7 Å². The molecular weight excluding hydrogens is 578 g/mol. The Kier molecular flexibility index (Phi) is 18.2. The Hall–Kier alpha value is -1.62. The van der Waals surface area contributed by atoms with Crippen molar-refractivity contribution in [3.05, 3.63) is 69.0 Å². The molecule has 4 rings (SSSR count). The molecule has 0 aliphatic rings. The molecule has 8 nitrogen and oxygen atoms in total. The van der Waals surface area contributed by atoms with Gasteiger partial charge in [0, 0.05) is 57.5 Å². The summed E-state index contributed by atoms with van der Waals surface area (Å²) >= 11 is 0. The van der Waals surface area contributed by atoms with Gasteiger partial charge in [0.1, 0.15) is 0 Å². The molecule has 4 N–H and O–H groups in total. The monoisotopic (exact) mass is 622 g/mol. The zero-order chi connectivity index (χ0) is 30.8. The molecule has 2 aromatic carbocycles. The average molecular weight is 623 g/mol. The second kappa shape index (κ2) is 19.8. The summed E-state index contributed by atoms with van der Waals surface area (Å²) in [6.07, 6.45) is 9.86. The Morgan fingerprint density at radius 3 is 1.30 bits per heavy atom. The number of fused-ring (bicyclic) bond motifs is 2. The smallest absolute Gasteiger partial charge is 0.545 e. The topological polar surface area (TPSA) is 152 Å². The van der Waals surface area contributed by atoms with Crippen molar-refractivity contribution >= 4 is 33.7 Å². The summed E-state index contributed by atoms with van der Waals surface area (Å²) < 4.78 is 0. The maximum atomic E-state index is 11.1. The van der Waals surface area contributed by atoms with Gasteiger partial charge in [0.2, 0.25) is 0 Å². The number of hydrogen-bond acceptors (Lipinski definition) is 6. The second-order valence-electron chi connectivity index (χ2n) is 11.0. The first kappa shape index (κ1) is 40.4. The quantitative estimate of drug-likeness (QED) is 0.0965. The van der Waals surface area contributed by atoms with E-state index in [2.05, 4.69) is 23.8 Å². The normalized spacial score (nSPS) is 10.7. The number of carbonyl (C=O) groups excluding carboxylic acids is 2. The van der Waals surface area contributed by atoms with Crippen LogP contribution < -0.4 is 69.3 Å². The third-order valence-electron chi connectivity index (χ3n) is 7.90. The predicted molar refractivity (Wildman–Crippen MR) is 163 cm³/mol. The van der Waals surface area contributed by atoms with Crippen LogP contribution in [0.25, 0.3) is 21.8 Å². The van der Waals surface area contributed by atoms with E-state index in [1.54, 1.807) is 26.0 Å². The van der Waals surface area contributed by atoms with Gasteiger partial charge in [-0.2, -0.15) is 0 Å². The summed E-state index contributed by atoms with van der Waals surface area (Å²) in [6.45, 7) is 8.06. The van der Waals surface area contributed by atoms with Gasteiger partial charge in [0.15, 0.2) is 0 Å². The van der Waals surface area contributed by atoms with Crippen LogP contribution >= 0.6 is 0 Å². The van der Waals surface area contributed by atoms with Gasteiger partial charge in [0.25, 0.3) is 0 Å². The van der Waals surface area contributed by atoms with Crippen LogP contribution in [-0.2, 0) is 25.7 Å². The van der Waals surface area contributed by atoms with Gasteiger partial charge in [-0.25, -0.2) is 0 Å². The van der Waals surface area contributed by atoms with E-state index in [0.29, 0.717) is 24.0 Å². The zero-order valence-corrected chi connectivity index (χ0v) is 31.3. The summed E-state index contributed by atoms with van der Waals surface area (Å²) in [5, 5.41) is 42.9. The molecule has 4 aromatic rings. The number of aromatic nitrogens is 2. The van der Waals surface area contributed by atoms with E-state index in [9.17, 15) is 30.0 Å². The van der Waals surface area contributed by atoms with Crippen LogP contribution in [0.15, 0.2) is 24.3 Å². The maximum Gasteiger partial charge on any atom is 1.00 e. The number of carboxylic acids is 2. The number of carboxylic acid groups (broad SMARTS) is 2. The number of hydrogen-bond donors (Lipinski definition) is 4. The Morgan fingerprint density at radius 1 is 0.636 bits per heavy atom. The Balaban J connectivity index is 0.000000421. The van der Waals surface area contributed by atoms with E-state index < -0.39 is 11.9 Å².